The van der Waals surface area contributed by atoms with Crippen molar-refractivity contribution < 1.29 is 9.13 Å². The molecule has 0 aliphatic carbocycles. The minimum Gasteiger partial charge on any atom is -0.486 e. The predicted octanol–water partition coefficient (Wildman–Crippen LogP) is 3.42. The zero-order valence-electron chi connectivity index (χ0n) is 11.8. The Bertz CT molecular complexity index is 623. The van der Waals surface area contributed by atoms with Crippen LogP contribution in [0.5, 0.6) is 5.75 Å². The number of pyridine rings is 1. The topological polar surface area (TPSA) is 34.2 Å². The number of likely N-dealkylation sites (N-methyl/N-ethyl adjacent to an activating group) is 1. The Hall–Kier alpha value is -1.59. The van der Waals surface area contributed by atoms with Crippen molar-refractivity contribution in [3.05, 3.63) is 54.1 Å². The summed E-state index contributed by atoms with van der Waals surface area (Å²) in [5.41, 5.74) is 0.608. The Morgan fingerprint density at radius 3 is 3.10 bits per heavy atom. The highest BCUT2D eigenvalue weighted by molar-refractivity contribution is 7.99. The van der Waals surface area contributed by atoms with E-state index in [4.69, 9.17) is 4.74 Å². The first-order valence-corrected chi connectivity index (χ1v) is 7.99. The zero-order chi connectivity index (χ0) is 14.7. The molecule has 0 radical (unpaired) electrons. The Morgan fingerprint density at radius 1 is 1.43 bits per heavy atom. The summed E-state index contributed by atoms with van der Waals surface area (Å²) < 4.78 is 20.1. The van der Waals surface area contributed by atoms with Gasteiger partial charge in [0.2, 0.25) is 0 Å². The third-order valence-corrected chi connectivity index (χ3v) is 4.61. The van der Waals surface area contributed by atoms with Crippen LogP contribution in [0.3, 0.4) is 0 Å². The number of hydrogen-bond acceptors (Lipinski definition) is 4. The largest absolute Gasteiger partial charge is 0.486 e. The SMILES string of the molecule is CCNC(c1ccncc1F)C1CSc2ccccc2O1. The fourth-order valence-electron chi connectivity index (χ4n) is 2.50. The van der Waals surface area contributed by atoms with Gasteiger partial charge in [-0.2, -0.15) is 0 Å². The van der Waals surface area contributed by atoms with Crippen molar-refractivity contribution in [3.63, 3.8) is 0 Å². The number of hydrogen-bond donors (Lipinski definition) is 1. The highest BCUT2D eigenvalue weighted by Crippen LogP contribution is 2.38. The van der Waals surface area contributed by atoms with E-state index < -0.39 is 0 Å². The Balaban J connectivity index is 1.88. The minimum atomic E-state index is -0.295. The summed E-state index contributed by atoms with van der Waals surface area (Å²) in [6.07, 6.45) is 2.76. The van der Waals surface area contributed by atoms with E-state index in [-0.39, 0.29) is 18.0 Å². The molecule has 5 heteroatoms. The lowest BCUT2D eigenvalue weighted by molar-refractivity contribution is 0.165. The number of fused-ring (bicyclic) bond motifs is 1. The lowest BCUT2D eigenvalue weighted by atomic mass is 10.0. The molecule has 1 aromatic heterocycles. The summed E-state index contributed by atoms with van der Waals surface area (Å²) in [6.45, 7) is 2.76. The number of rotatable bonds is 4. The van der Waals surface area contributed by atoms with E-state index in [0.29, 0.717) is 5.56 Å². The first-order chi connectivity index (χ1) is 10.3. The number of nitrogens with zero attached hydrogens (tertiary/aromatic N) is 1. The van der Waals surface area contributed by atoms with Crippen LogP contribution in [0.2, 0.25) is 0 Å². The first-order valence-electron chi connectivity index (χ1n) is 7.01. The maximum Gasteiger partial charge on any atom is 0.146 e. The summed E-state index contributed by atoms with van der Waals surface area (Å²) in [7, 11) is 0. The van der Waals surface area contributed by atoms with Crippen molar-refractivity contribution in [1.82, 2.24) is 10.3 Å². The molecule has 110 valence electrons. The molecule has 0 amide bonds. The van der Waals surface area contributed by atoms with Crippen LogP contribution in [0.15, 0.2) is 47.6 Å². The van der Waals surface area contributed by atoms with Crippen LogP contribution in [0, 0.1) is 5.82 Å². The van der Waals surface area contributed by atoms with E-state index >= 15 is 0 Å². The third-order valence-electron chi connectivity index (χ3n) is 3.47. The van der Waals surface area contributed by atoms with Crippen LogP contribution < -0.4 is 10.1 Å². The fraction of sp³-hybridized carbons (Fsp3) is 0.312. The number of nitrogens with one attached hydrogen (secondary N) is 1. The monoisotopic (exact) mass is 304 g/mol. The van der Waals surface area contributed by atoms with E-state index in [9.17, 15) is 4.39 Å². The lowest BCUT2D eigenvalue weighted by Gasteiger charge is -2.32. The Kier molecular flexibility index (Phi) is 4.41. The minimum absolute atomic E-state index is 0.109. The number of aromatic nitrogens is 1. The summed E-state index contributed by atoms with van der Waals surface area (Å²) in [5.74, 6) is 1.36. The van der Waals surface area contributed by atoms with Crippen molar-refractivity contribution in [3.8, 4) is 5.75 Å². The van der Waals surface area contributed by atoms with E-state index in [1.807, 2.05) is 31.2 Å². The van der Waals surface area contributed by atoms with Gasteiger partial charge in [0.15, 0.2) is 0 Å². The van der Waals surface area contributed by atoms with Crippen molar-refractivity contribution in [2.24, 2.45) is 0 Å². The Morgan fingerprint density at radius 2 is 2.29 bits per heavy atom. The number of para-hydroxylation sites is 1. The van der Waals surface area contributed by atoms with Gasteiger partial charge in [-0.3, -0.25) is 4.98 Å². The smallest absolute Gasteiger partial charge is 0.146 e. The van der Waals surface area contributed by atoms with Crippen LogP contribution in [0.25, 0.3) is 0 Å². The molecule has 2 heterocycles. The van der Waals surface area contributed by atoms with Gasteiger partial charge in [0.25, 0.3) is 0 Å². The maximum absolute atomic E-state index is 14.0. The van der Waals surface area contributed by atoms with Gasteiger partial charge in [-0.15, -0.1) is 11.8 Å². The van der Waals surface area contributed by atoms with Crippen molar-refractivity contribution >= 4 is 11.8 Å². The van der Waals surface area contributed by atoms with Crippen LogP contribution >= 0.6 is 11.8 Å². The van der Waals surface area contributed by atoms with E-state index in [1.54, 1.807) is 24.0 Å². The fourth-order valence-corrected chi connectivity index (χ4v) is 3.54. The molecule has 0 spiro atoms. The normalized spacial score (nSPS) is 18.7. The molecular formula is C16H17FN2OS. The molecule has 0 saturated heterocycles. The highest BCUT2D eigenvalue weighted by Gasteiger charge is 2.30. The number of thioether (sulfide) groups is 1. The molecule has 1 N–H and O–H groups in total. The van der Waals surface area contributed by atoms with Crippen molar-refractivity contribution in [2.75, 3.05) is 12.3 Å². The first kappa shape index (κ1) is 14.4. The van der Waals surface area contributed by atoms with E-state index in [1.165, 1.54) is 6.20 Å². The summed E-state index contributed by atoms with van der Waals surface area (Å²) >= 11 is 1.75. The van der Waals surface area contributed by atoms with E-state index in [2.05, 4.69) is 10.3 Å². The van der Waals surface area contributed by atoms with Gasteiger partial charge >= 0.3 is 0 Å². The molecule has 1 aliphatic rings. The molecule has 21 heavy (non-hydrogen) atoms. The van der Waals surface area contributed by atoms with Gasteiger partial charge in [0, 0.05) is 22.4 Å². The zero-order valence-corrected chi connectivity index (χ0v) is 12.6. The Labute approximate surface area is 127 Å². The van der Waals surface area contributed by atoms with Crippen LogP contribution in [-0.2, 0) is 0 Å². The maximum atomic E-state index is 14.0. The van der Waals surface area contributed by atoms with Gasteiger partial charge in [0.1, 0.15) is 17.7 Å². The summed E-state index contributed by atoms with van der Waals surface area (Å²) in [4.78, 5) is 4.96. The van der Waals surface area contributed by atoms with Gasteiger partial charge in [-0.25, -0.2) is 4.39 Å². The molecule has 2 aromatic rings. The number of benzene rings is 1. The molecule has 0 bridgehead atoms. The number of ether oxygens (including phenoxy) is 1. The molecule has 3 rings (SSSR count). The molecule has 3 nitrogen and oxygen atoms in total. The van der Waals surface area contributed by atoms with Gasteiger partial charge in [0.05, 0.1) is 12.2 Å². The number of halogens is 1. The summed E-state index contributed by atoms with van der Waals surface area (Å²) in [6, 6.07) is 9.50. The molecule has 2 unspecified atom stereocenters. The van der Waals surface area contributed by atoms with Gasteiger partial charge < -0.3 is 10.1 Å². The second-order valence-electron chi connectivity index (χ2n) is 4.85. The second-order valence-corrected chi connectivity index (χ2v) is 5.91. The molecule has 0 fully saturated rings. The molecular weight excluding hydrogens is 287 g/mol. The quantitative estimate of drug-likeness (QED) is 0.938. The highest BCUT2D eigenvalue weighted by atomic mass is 32.2. The van der Waals surface area contributed by atoms with E-state index in [0.717, 1.165) is 22.9 Å². The van der Waals surface area contributed by atoms with Gasteiger partial charge in [-0.05, 0) is 24.7 Å². The lowest BCUT2D eigenvalue weighted by Crippen LogP contribution is -2.39. The average Bonchev–Trinajstić information content (AvgIpc) is 2.53. The summed E-state index contributed by atoms with van der Waals surface area (Å²) in [5, 5.41) is 3.33. The van der Waals surface area contributed by atoms with Crippen molar-refractivity contribution in [1.29, 1.82) is 0 Å². The third kappa shape index (κ3) is 3.04. The second kappa shape index (κ2) is 6.45. The average molecular weight is 304 g/mol. The van der Waals surface area contributed by atoms with Gasteiger partial charge in [-0.1, -0.05) is 19.1 Å². The molecule has 2 atom stereocenters. The van der Waals surface area contributed by atoms with Crippen LogP contribution in [0.4, 0.5) is 4.39 Å². The molecule has 1 aromatic carbocycles. The predicted molar refractivity (Wildman–Crippen MR) is 82.2 cm³/mol. The van der Waals surface area contributed by atoms with Crippen molar-refractivity contribution in [2.45, 2.75) is 24.0 Å². The van der Waals surface area contributed by atoms with Crippen LogP contribution in [0.1, 0.15) is 18.5 Å². The molecule has 0 saturated carbocycles. The standard InChI is InChI=1S/C16H17FN2OS/c1-2-19-16(11-7-8-18-9-12(11)17)14-10-21-15-6-4-3-5-13(15)20-14/h3-9,14,16,19H,2,10H2,1H3. The van der Waals surface area contributed by atoms with Crippen LogP contribution in [-0.4, -0.2) is 23.4 Å². The molecule has 1 aliphatic heterocycles.